The Hall–Kier alpha value is -1.19. The normalized spacial score (nSPS) is 15.6. The molecule has 2 N–H and O–H groups in total. The minimum atomic E-state index is 0.357. The van der Waals surface area contributed by atoms with Crippen LogP contribution in [0.15, 0.2) is 0 Å². The van der Waals surface area contributed by atoms with Crippen LogP contribution in [0.1, 0.15) is 37.9 Å². The van der Waals surface area contributed by atoms with Crippen LogP contribution in [0.25, 0.3) is 0 Å². The Morgan fingerprint density at radius 3 is 2.79 bits per heavy atom. The van der Waals surface area contributed by atoms with Crippen LogP contribution in [0.5, 0.6) is 0 Å². The second-order valence-corrected chi connectivity index (χ2v) is 4.17. The van der Waals surface area contributed by atoms with Gasteiger partial charge in [0.05, 0.1) is 5.69 Å². The van der Waals surface area contributed by atoms with Gasteiger partial charge in [-0.3, -0.25) is 0 Å². The number of anilines is 1. The highest BCUT2D eigenvalue weighted by molar-refractivity contribution is 5.48. The summed E-state index contributed by atoms with van der Waals surface area (Å²) in [6.45, 7) is 4.15. The smallest absolute Gasteiger partial charge is 0.155 e. The maximum absolute atomic E-state index is 9.56. The van der Waals surface area contributed by atoms with Crippen LogP contribution < -0.4 is 5.32 Å². The van der Waals surface area contributed by atoms with Gasteiger partial charge in [0.15, 0.2) is 5.82 Å². The molecular formula is C10H17N3O. The summed E-state index contributed by atoms with van der Waals surface area (Å²) in [7, 11) is 0. The summed E-state index contributed by atoms with van der Waals surface area (Å²) in [5.74, 6) is 0.859. The van der Waals surface area contributed by atoms with Gasteiger partial charge >= 0.3 is 0 Å². The Morgan fingerprint density at radius 2 is 2.07 bits per heavy atom. The maximum atomic E-state index is 9.56. The van der Waals surface area contributed by atoms with Crippen molar-refractivity contribution in [2.45, 2.75) is 45.6 Å². The fraction of sp³-hybridized carbons (Fsp3) is 0.700. The second kappa shape index (κ2) is 3.52. The summed E-state index contributed by atoms with van der Waals surface area (Å²) in [6, 6.07) is 0.357. The SMILES string of the molecule is CC(C)Nc1nn(O)c2c1CCCC2. The number of aromatic nitrogens is 2. The first-order chi connectivity index (χ1) is 6.68. The summed E-state index contributed by atoms with van der Waals surface area (Å²) in [6.07, 6.45) is 4.33. The molecule has 0 saturated heterocycles. The molecule has 2 rings (SSSR count). The molecule has 4 heteroatoms. The first-order valence-corrected chi connectivity index (χ1v) is 5.25. The number of hydrogen-bond acceptors (Lipinski definition) is 3. The zero-order valence-electron chi connectivity index (χ0n) is 8.75. The average molecular weight is 195 g/mol. The van der Waals surface area contributed by atoms with Crippen molar-refractivity contribution >= 4 is 5.82 Å². The Kier molecular flexibility index (Phi) is 2.35. The van der Waals surface area contributed by atoms with E-state index in [-0.39, 0.29) is 0 Å². The molecule has 1 heterocycles. The summed E-state index contributed by atoms with van der Waals surface area (Å²) in [5.41, 5.74) is 2.19. The highest BCUT2D eigenvalue weighted by Gasteiger charge is 2.20. The molecule has 0 saturated carbocycles. The van der Waals surface area contributed by atoms with Crippen molar-refractivity contribution in [3.63, 3.8) is 0 Å². The van der Waals surface area contributed by atoms with E-state index in [4.69, 9.17) is 0 Å². The van der Waals surface area contributed by atoms with Crippen LogP contribution in [-0.2, 0) is 12.8 Å². The predicted octanol–water partition coefficient (Wildman–Crippen LogP) is 1.82. The molecule has 1 aliphatic carbocycles. The lowest BCUT2D eigenvalue weighted by Crippen LogP contribution is -2.12. The molecule has 1 aliphatic rings. The van der Waals surface area contributed by atoms with Crippen molar-refractivity contribution in [2.75, 3.05) is 5.32 Å². The van der Waals surface area contributed by atoms with Gasteiger partial charge in [-0.05, 0) is 39.5 Å². The van der Waals surface area contributed by atoms with Crippen molar-refractivity contribution in [3.05, 3.63) is 11.3 Å². The average Bonchev–Trinajstić information content (AvgIpc) is 2.44. The molecule has 0 aliphatic heterocycles. The second-order valence-electron chi connectivity index (χ2n) is 4.17. The minimum absolute atomic E-state index is 0.357. The van der Waals surface area contributed by atoms with Gasteiger partial charge in [-0.25, -0.2) is 0 Å². The van der Waals surface area contributed by atoms with Crippen molar-refractivity contribution in [2.24, 2.45) is 0 Å². The maximum Gasteiger partial charge on any atom is 0.155 e. The third-order valence-corrected chi connectivity index (χ3v) is 2.59. The highest BCUT2D eigenvalue weighted by Crippen LogP contribution is 2.27. The quantitative estimate of drug-likeness (QED) is 0.708. The number of rotatable bonds is 2. The Bertz CT molecular complexity index is 330. The van der Waals surface area contributed by atoms with Crippen LogP contribution in [0.2, 0.25) is 0 Å². The zero-order chi connectivity index (χ0) is 10.1. The molecule has 4 nitrogen and oxygen atoms in total. The highest BCUT2D eigenvalue weighted by atomic mass is 16.5. The fourth-order valence-corrected chi connectivity index (χ4v) is 1.97. The standard InChI is InChI=1S/C10H17N3O/c1-7(2)11-10-8-5-3-4-6-9(8)13(14)12-10/h7,14H,3-6H2,1-2H3,(H,11,12). The van der Waals surface area contributed by atoms with Crippen LogP contribution >= 0.6 is 0 Å². The van der Waals surface area contributed by atoms with Crippen molar-refractivity contribution in [1.82, 2.24) is 9.94 Å². The van der Waals surface area contributed by atoms with Gasteiger partial charge in [0.2, 0.25) is 0 Å². The van der Waals surface area contributed by atoms with Gasteiger partial charge in [0.25, 0.3) is 0 Å². The number of fused-ring (bicyclic) bond motifs is 1. The summed E-state index contributed by atoms with van der Waals surface area (Å²) < 4.78 is 0. The van der Waals surface area contributed by atoms with Gasteiger partial charge in [0.1, 0.15) is 0 Å². The number of nitrogens with zero attached hydrogens (tertiary/aromatic N) is 2. The van der Waals surface area contributed by atoms with Gasteiger partial charge in [0, 0.05) is 11.6 Å². The van der Waals surface area contributed by atoms with E-state index in [1.807, 2.05) is 0 Å². The van der Waals surface area contributed by atoms with E-state index in [1.165, 1.54) is 12.0 Å². The monoisotopic (exact) mass is 195 g/mol. The molecule has 0 bridgehead atoms. The molecule has 0 fully saturated rings. The molecule has 14 heavy (non-hydrogen) atoms. The molecule has 0 unspecified atom stereocenters. The third kappa shape index (κ3) is 1.56. The van der Waals surface area contributed by atoms with Gasteiger partial charge in [-0.15, -0.1) is 9.94 Å². The Labute approximate surface area is 83.9 Å². The number of hydrogen-bond donors (Lipinski definition) is 2. The minimum Gasteiger partial charge on any atom is -0.411 e. The van der Waals surface area contributed by atoms with E-state index in [0.717, 1.165) is 35.6 Å². The molecule has 1 aromatic heterocycles. The lowest BCUT2D eigenvalue weighted by Gasteiger charge is -2.13. The predicted molar refractivity (Wildman–Crippen MR) is 54.8 cm³/mol. The lowest BCUT2D eigenvalue weighted by atomic mass is 9.97. The van der Waals surface area contributed by atoms with Crippen LogP contribution in [0, 0.1) is 0 Å². The topological polar surface area (TPSA) is 50.1 Å². The largest absolute Gasteiger partial charge is 0.411 e. The van der Waals surface area contributed by atoms with Gasteiger partial charge in [-0.2, -0.15) is 0 Å². The summed E-state index contributed by atoms with van der Waals surface area (Å²) >= 11 is 0. The van der Waals surface area contributed by atoms with Crippen LogP contribution in [0.4, 0.5) is 5.82 Å². The van der Waals surface area contributed by atoms with E-state index in [0.29, 0.717) is 6.04 Å². The van der Waals surface area contributed by atoms with Gasteiger partial charge < -0.3 is 10.5 Å². The molecule has 0 spiro atoms. The zero-order valence-corrected chi connectivity index (χ0v) is 8.75. The van der Waals surface area contributed by atoms with Crippen molar-refractivity contribution < 1.29 is 5.21 Å². The molecular weight excluding hydrogens is 178 g/mol. The van der Waals surface area contributed by atoms with E-state index in [2.05, 4.69) is 24.3 Å². The Morgan fingerprint density at radius 1 is 1.36 bits per heavy atom. The van der Waals surface area contributed by atoms with E-state index in [1.54, 1.807) is 0 Å². The molecule has 0 amide bonds. The lowest BCUT2D eigenvalue weighted by molar-refractivity contribution is 0.139. The fourth-order valence-electron chi connectivity index (χ4n) is 1.97. The molecule has 0 aromatic carbocycles. The van der Waals surface area contributed by atoms with Crippen LogP contribution in [0.3, 0.4) is 0 Å². The third-order valence-electron chi connectivity index (χ3n) is 2.59. The molecule has 1 aromatic rings. The van der Waals surface area contributed by atoms with E-state index < -0.39 is 0 Å². The van der Waals surface area contributed by atoms with E-state index in [9.17, 15) is 5.21 Å². The van der Waals surface area contributed by atoms with Crippen molar-refractivity contribution in [1.29, 1.82) is 0 Å². The molecule has 0 radical (unpaired) electrons. The number of nitrogens with one attached hydrogen (secondary N) is 1. The Balaban J connectivity index is 2.31. The molecule has 0 atom stereocenters. The van der Waals surface area contributed by atoms with E-state index >= 15 is 0 Å². The first-order valence-electron chi connectivity index (χ1n) is 5.25. The summed E-state index contributed by atoms with van der Waals surface area (Å²) in [5, 5.41) is 16.9. The summed E-state index contributed by atoms with van der Waals surface area (Å²) in [4.78, 5) is 1.04. The molecule has 78 valence electrons. The van der Waals surface area contributed by atoms with Crippen molar-refractivity contribution in [3.8, 4) is 0 Å². The first kappa shape index (κ1) is 9.37. The van der Waals surface area contributed by atoms with Crippen LogP contribution in [-0.4, -0.2) is 21.2 Å². The van der Waals surface area contributed by atoms with Gasteiger partial charge in [-0.1, -0.05) is 0 Å².